The average Bonchev–Trinajstić information content (AvgIpc) is 2.32. The largest absolute Gasteiger partial charge is 0.117 e. The molecule has 0 amide bonds. The highest BCUT2D eigenvalue weighted by Gasteiger charge is 2.12. The minimum absolute atomic E-state index is 0.0366. The van der Waals surface area contributed by atoms with Crippen molar-refractivity contribution in [1.82, 2.24) is 0 Å². The molecule has 1 unspecified atom stereocenters. The maximum Gasteiger partial charge on any atom is 0.0628 e. The Morgan fingerprint density at radius 2 is 1.83 bits per heavy atom. The van der Waals surface area contributed by atoms with E-state index in [1.807, 2.05) is 18.2 Å². The lowest BCUT2D eigenvalue weighted by atomic mass is 9.99. The SMILES string of the molecule is Cc1cccc(CC(Cl)c2cc(Cl)ccc2C)c1. The van der Waals surface area contributed by atoms with Crippen molar-refractivity contribution < 1.29 is 0 Å². The van der Waals surface area contributed by atoms with Gasteiger partial charge in [0.25, 0.3) is 0 Å². The van der Waals surface area contributed by atoms with Gasteiger partial charge in [0.05, 0.1) is 5.38 Å². The summed E-state index contributed by atoms with van der Waals surface area (Å²) in [6, 6.07) is 14.3. The Morgan fingerprint density at radius 3 is 2.56 bits per heavy atom. The number of benzene rings is 2. The van der Waals surface area contributed by atoms with Crippen LogP contribution in [0.1, 0.15) is 27.6 Å². The van der Waals surface area contributed by atoms with Gasteiger partial charge in [-0.3, -0.25) is 0 Å². The van der Waals surface area contributed by atoms with Crippen LogP contribution in [-0.4, -0.2) is 0 Å². The second-order valence-corrected chi connectivity index (χ2v) is 5.62. The van der Waals surface area contributed by atoms with Crippen molar-refractivity contribution in [2.24, 2.45) is 0 Å². The van der Waals surface area contributed by atoms with Gasteiger partial charge in [-0.15, -0.1) is 11.6 Å². The van der Waals surface area contributed by atoms with Gasteiger partial charge >= 0.3 is 0 Å². The van der Waals surface area contributed by atoms with Crippen LogP contribution in [0.15, 0.2) is 42.5 Å². The summed E-state index contributed by atoms with van der Waals surface area (Å²) < 4.78 is 0. The minimum Gasteiger partial charge on any atom is -0.117 e. The molecule has 0 aliphatic carbocycles. The van der Waals surface area contributed by atoms with Gasteiger partial charge in [0.1, 0.15) is 0 Å². The Labute approximate surface area is 119 Å². The molecule has 0 saturated heterocycles. The second-order valence-electron chi connectivity index (χ2n) is 4.66. The fourth-order valence-corrected chi connectivity index (χ4v) is 2.70. The third-order valence-corrected chi connectivity index (χ3v) is 3.70. The van der Waals surface area contributed by atoms with Crippen LogP contribution >= 0.6 is 23.2 Å². The van der Waals surface area contributed by atoms with Crippen LogP contribution in [0.5, 0.6) is 0 Å². The van der Waals surface area contributed by atoms with Crippen LogP contribution in [0.2, 0.25) is 5.02 Å². The van der Waals surface area contributed by atoms with Crippen LogP contribution in [0.3, 0.4) is 0 Å². The molecule has 0 saturated carbocycles. The summed E-state index contributed by atoms with van der Waals surface area (Å²) in [4.78, 5) is 0. The van der Waals surface area contributed by atoms with E-state index < -0.39 is 0 Å². The lowest BCUT2D eigenvalue weighted by Gasteiger charge is -2.13. The van der Waals surface area contributed by atoms with Gasteiger partial charge in [0, 0.05) is 5.02 Å². The number of alkyl halides is 1. The molecule has 2 aromatic carbocycles. The van der Waals surface area contributed by atoms with E-state index in [4.69, 9.17) is 23.2 Å². The van der Waals surface area contributed by atoms with Crippen LogP contribution in [0.25, 0.3) is 0 Å². The summed E-state index contributed by atoms with van der Waals surface area (Å²) in [7, 11) is 0. The van der Waals surface area contributed by atoms with Gasteiger partial charge in [0.15, 0.2) is 0 Å². The van der Waals surface area contributed by atoms with Gasteiger partial charge in [-0.25, -0.2) is 0 Å². The molecule has 0 N–H and O–H groups in total. The molecule has 94 valence electrons. The monoisotopic (exact) mass is 278 g/mol. The van der Waals surface area contributed by atoms with Crippen LogP contribution < -0.4 is 0 Å². The first-order chi connectivity index (χ1) is 8.56. The zero-order valence-electron chi connectivity index (χ0n) is 10.6. The third kappa shape index (κ3) is 3.28. The smallest absolute Gasteiger partial charge is 0.0628 e. The van der Waals surface area contributed by atoms with Gasteiger partial charge < -0.3 is 0 Å². The summed E-state index contributed by atoms with van der Waals surface area (Å²) in [5, 5.41) is 0.705. The molecule has 0 aromatic heterocycles. The zero-order chi connectivity index (χ0) is 13.1. The predicted molar refractivity (Wildman–Crippen MR) is 79.7 cm³/mol. The topological polar surface area (TPSA) is 0 Å². The molecular formula is C16H16Cl2. The quantitative estimate of drug-likeness (QED) is 0.653. The van der Waals surface area contributed by atoms with Crippen LogP contribution in [-0.2, 0) is 6.42 Å². The van der Waals surface area contributed by atoms with Crippen molar-refractivity contribution in [2.75, 3.05) is 0 Å². The number of rotatable bonds is 3. The summed E-state index contributed by atoms with van der Waals surface area (Å²) in [6.45, 7) is 4.16. The first kappa shape index (κ1) is 13.5. The fraction of sp³-hybridized carbons (Fsp3) is 0.250. The lowest BCUT2D eigenvalue weighted by molar-refractivity contribution is 0.908. The van der Waals surface area contributed by atoms with Crippen molar-refractivity contribution in [2.45, 2.75) is 25.6 Å². The van der Waals surface area contributed by atoms with E-state index in [-0.39, 0.29) is 5.38 Å². The van der Waals surface area contributed by atoms with E-state index in [1.54, 1.807) is 0 Å². The molecule has 0 fully saturated rings. The molecule has 2 rings (SSSR count). The van der Waals surface area contributed by atoms with Crippen molar-refractivity contribution >= 4 is 23.2 Å². The van der Waals surface area contributed by atoms with E-state index >= 15 is 0 Å². The van der Waals surface area contributed by atoms with Crippen LogP contribution in [0, 0.1) is 13.8 Å². The standard InChI is InChI=1S/C16H16Cl2/c1-11-4-3-5-13(8-11)9-16(18)15-10-14(17)7-6-12(15)2/h3-8,10,16H,9H2,1-2H3. The Bertz CT molecular complexity index is 547. The van der Waals surface area contributed by atoms with E-state index in [2.05, 4.69) is 38.1 Å². The Balaban J connectivity index is 2.21. The molecular weight excluding hydrogens is 263 g/mol. The highest BCUT2D eigenvalue weighted by atomic mass is 35.5. The lowest BCUT2D eigenvalue weighted by Crippen LogP contribution is -1.98. The summed E-state index contributed by atoms with van der Waals surface area (Å²) in [6.07, 6.45) is 0.824. The minimum atomic E-state index is -0.0366. The molecule has 0 heterocycles. The maximum atomic E-state index is 6.51. The first-order valence-corrected chi connectivity index (χ1v) is 6.83. The molecule has 18 heavy (non-hydrogen) atoms. The average molecular weight is 279 g/mol. The van der Waals surface area contributed by atoms with Gasteiger partial charge in [-0.2, -0.15) is 0 Å². The number of hydrogen-bond acceptors (Lipinski definition) is 0. The summed E-state index contributed by atoms with van der Waals surface area (Å²) in [5.41, 5.74) is 4.83. The van der Waals surface area contributed by atoms with Crippen molar-refractivity contribution in [1.29, 1.82) is 0 Å². The third-order valence-electron chi connectivity index (χ3n) is 3.08. The maximum absolute atomic E-state index is 6.51. The highest BCUT2D eigenvalue weighted by molar-refractivity contribution is 6.30. The van der Waals surface area contributed by atoms with Gasteiger partial charge in [-0.05, 0) is 49.1 Å². The number of hydrogen-bond donors (Lipinski definition) is 0. The second kappa shape index (κ2) is 5.77. The molecule has 0 radical (unpaired) electrons. The van der Waals surface area contributed by atoms with Crippen molar-refractivity contribution in [3.63, 3.8) is 0 Å². The van der Waals surface area contributed by atoms with Crippen molar-refractivity contribution in [3.05, 3.63) is 69.7 Å². The zero-order valence-corrected chi connectivity index (χ0v) is 12.1. The molecule has 0 spiro atoms. The molecule has 0 aliphatic heterocycles. The molecule has 0 aliphatic rings. The molecule has 0 bridgehead atoms. The predicted octanol–water partition coefficient (Wildman–Crippen LogP) is 5.48. The van der Waals surface area contributed by atoms with E-state index in [9.17, 15) is 0 Å². The van der Waals surface area contributed by atoms with Crippen LogP contribution in [0.4, 0.5) is 0 Å². The highest BCUT2D eigenvalue weighted by Crippen LogP contribution is 2.29. The fourth-order valence-electron chi connectivity index (χ4n) is 2.10. The number of halogens is 2. The molecule has 1 atom stereocenters. The summed E-state index contributed by atoms with van der Waals surface area (Å²) in [5.74, 6) is 0. The molecule has 0 nitrogen and oxygen atoms in total. The van der Waals surface area contributed by atoms with E-state index in [0.717, 1.165) is 17.0 Å². The molecule has 2 heteroatoms. The van der Waals surface area contributed by atoms with Crippen molar-refractivity contribution in [3.8, 4) is 0 Å². The Hall–Kier alpha value is -0.980. The summed E-state index contributed by atoms with van der Waals surface area (Å²) >= 11 is 12.5. The van der Waals surface area contributed by atoms with Gasteiger partial charge in [-0.1, -0.05) is 47.5 Å². The number of aryl methyl sites for hydroxylation is 2. The van der Waals surface area contributed by atoms with Gasteiger partial charge in [0.2, 0.25) is 0 Å². The molecule has 2 aromatic rings. The van der Waals surface area contributed by atoms with E-state index in [0.29, 0.717) is 0 Å². The first-order valence-electron chi connectivity index (χ1n) is 6.02. The Kier molecular flexibility index (Phi) is 4.31. The van der Waals surface area contributed by atoms with E-state index in [1.165, 1.54) is 16.7 Å². The normalized spacial score (nSPS) is 12.4. The Morgan fingerprint density at radius 1 is 1.06 bits per heavy atom.